The first kappa shape index (κ1) is 8.81. The third-order valence-electron chi connectivity index (χ3n) is 0.575. The van der Waals surface area contributed by atoms with Crippen LogP contribution in [0.25, 0.3) is 0 Å². The molecule has 0 rings (SSSR count). The Kier molecular flexibility index (Phi) is 4.57. The van der Waals surface area contributed by atoms with Crippen molar-refractivity contribution in [2.45, 2.75) is 6.43 Å². The molecule has 0 saturated heterocycles. The second kappa shape index (κ2) is 4.67. The van der Waals surface area contributed by atoms with Gasteiger partial charge in [-0.3, -0.25) is 4.79 Å². The third-order valence-corrected chi connectivity index (χ3v) is 1.08. The van der Waals surface area contributed by atoms with Crippen LogP contribution in [-0.4, -0.2) is 24.2 Å². The van der Waals surface area contributed by atoms with Crippen molar-refractivity contribution < 1.29 is 13.6 Å². The van der Waals surface area contributed by atoms with Gasteiger partial charge in [0.2, 0.25) is 5.91 Å². The van der Waals surface area contributed by atoms with Gasteiger partial charge < -0.3 is 5.32 Å². The number of amides is 1. The van der Waals surface area contributed by atoms with Gasteiger partial charge in [-0.25, -0.2) is 8.78 Å². The summed E-state index contributed by atoms with van der Waals surface area (Å²) in [5.41, 5.74) is 0. The normalized spacial score (nSPS) is 9.78. The van der Waals surface area contributed by atoms with E-state index in [1.54, 1.807) is 0 Å². The number of alkyl halides is 3. The zero-order valence-electron chi connectivity index (χ0n) is 4.53. The number of hydrogen-bond donors (Lipinski definition) is 1. The lowest BCUT2D eigenvalue weighted by molar-refractivity contribution is -0.119. The Morgan fingerprint density at radius 3 is 2.56 bits per heavy atom. The SMILES string of the molecule is O=C(CBr)NCC(F)F. The van der Waals surface area contributed by atoms with Crippen molar-refractivity contribution >= 4 is 21.8 Å². The molecule has 0 spiro atoms. The summed E-state index contributed by atoms with van der Waals surface area (Å²) in [6.45, 7) is -0.565. The lowest BCUT2D eigenvalue weighted by Gasteiger charge is -1.99. The maximum Gasteiger partial charge on any atom is 0.255 e. The van der Waals surface area contributed by atoms with Crippen molar-refractivity contribution in [3.8, 4) is 0 Å². The molecule has 0 heterocycles. The van der Waals surface area contributed by atoms with Crippen molar-refractivity contribution in [2.24, 2.45) is 0 Å². The maximum absolute atomic E-state index is 11.3. The minimum atomic E-state index is -2.46. The van der Waals surface area contributed by atoms with Crippen molar-refractivity contribution in [3.05, 3.63) is 0 Å². The number of carbonyl (C=O) groups excluding carboxylic acids is 1. The molecule has 9 heavy (non-hydrogen) atoms. The third kappa shape index (κ3) is 5.68. The van der Waals surface area contributed by atoms with Crippen LogP contribution in [0.3, 0.4) is 0 Å². The maximum atomic E-state index is 11.3. The molecule has 0 aliphatic rings. The number of carbonyl (C=O) groups is 1. The number of halogens is 3. The van der Waals surface area contributed by atoms with E-state index in [2.05, 4.69) is 15.9 Å². The fourth-order valence-corrected chi connectivity index (χ4v) is 0.436. The minimum absolute atomic E-state index is 0.0692. The van der Waals surface area contributed by atoms with Gasteiger partial charge in [0, 0.05) is 0 Å². The van der Waals surface area contributed by atoms with Gasteiger partial charge in [0.1, 0.15) is 0 Å². The van der Waals surface area contributed by atoms with Gasteiger partial charge in [-0.1, -0.05) is 15.9 Å². The largest absolute Gasteiger partial charge is 0.350 e. The minimum Gasteiger partial charge on any atom is -0.350 e. The number of nitrogens with one attached hydrogen (secondary N) is 1. The topological polar surface area (TPSA) is 29.1 Å². The van der Waals surface area contributed by atoms with Crippen LogP contribution in [0.1, 0.15) is 0 Å². The molecule has 0 unspecified atom stereocenters. The highest BCUT2D eigenvalue weighted by Crippen LogP contribution is 1.87. The molecule has 0 aromatic heterocycles. The van der Waals surface area contributed by atoms with Gasteiger partial charge in [0.15, 0.2) is 0 Å². The van der Waals surface area contributed by atoms with Gasteiger partial charge in [-0.15, -0.1) is 0 Å². The summed E-state index contributed by atoms with van der Waals surface area (Å²) >= 11 is 2.81. The van der Waals surface area contributed by atoms with Crippen LogP contribution >= 0.6 is 15.9 Å². The van der Waals surface area contributed by atoms with E-state index in [4.69, 9.17) is 0 Å². The Labute approximate surface area is 59.7 Å². The average molecular weight is 202 g/mol. The Morgan fingerprint density at radius 2 is 2.22 bits per heavy atom. The molecule has 0 fully saturated rings. The molecule has 0 aliphatic heterocycles. The summed E-state index contributed by atoms with van der Waals surface area (Å²) < 4.78 is 22.6. The molecule has 1 amide bonds. The lowest BCUT2D eigenvalue weighted by atomic mass is 10.6. The predicted octanol–water partition coefficient (Wildman–Crippen LogP) is 0.763. The molecule has 0 aromatic rings. The monoisotopic (exact) mass is 201 g/mol. The standard InChI is InChI=1S/C4H6BrF2NO/c5-1-4(9)8-2-3(6)7/h3H,1-2H2,(H,8,9). The lowest BCUT2D eigenvalue weighted by Crippen LogP contribution is -2.29. The Bertz CT molecular complexity index is 98.6. The van der Waals surface area contributed by atoms with E-state index >= 15 is 0 Å². The summed E-state index contributed by atoms with van der Waals surface area (Å²) in [7, 11) is 0. The quantitative estimate of drug-likeness (QED) is 0.672. The van der Waals surface area contributed by atoms with Crippen LogP contribution in [-0.2, 0) is 4.79 Å². The fourth-order valence-electron chi connectivity index (χ4n) is 0.238. The van der Waals surface area contributed by atoms with Gasteiger partial charge in [-0.2, -0.15) is 0 Å². The van der Waals surface area contributed by atoms with E-state index < -0.39 is 18.9 Å². The van der Waals surface area contributed by atoms with E-state index in [9.17, 15) is 13.6 Å². The zero-order chi connectivity index (χ0) is 7.28. The first-order chi connectivity index (χ1) is 4.16. The molecule has 0 aromatic carbocycles. The molecule has 0 radical (unpaired) electrons. The molecule has 0 aliphatic carbocycles. The van der Waals surface area contributed by atoms with E-state index in [1.807, 2.05) is 5.32 Å². The average Bonchev–Trinajstić information content (AvgIpc) is 1.83. The van der Waals surface area contributed by atoms with Gasteiger partial charge in [-0.05, 0) is 0 Å². The predicted molar refractivity (Wildman–Crippen MR) is 32.8 cm³/mol. The fraction of sp³-hybridized carbons (Fsp3) is 0.750. The summed E-state index contributed by atoms with van der Waals surface area (Å²) in [6.07, 6.45) is -2.46. The van der Waals surface area contributed by atoms with Crippen LogP contribution in [0, 0.1) is 0 Å². The van der Waals surface area contributed by atoms with Crippen molar-refractivity contribution in [1.29, 1.82) is 0 Å². The van der Waals surface area contributed by atoms with Crippen LogP contribution < -0.4 is 5.32 Å². The highest BCUT2D eigenvalue weighted by molar-refractivity contribution is 9.09. The molecular weight excluding hydrogens is 196 g/mol. The van der Waals surface area contributed by atoms with E-state index in [0.717, 1.165) is 0 Å². The summed E-state index contributed by atoms with van der Waals surface area (Å²) in [6, 6.07) is 0. The van der Waals surface area contributed by atoms with E-state index in [-0.39, 0.29) is 5.33 Å². The summed E-state index contributed by atoms with van der Waals surface area (Å²) in [5, 5.41) is 2.07. The molecule has 5 heteroatoms. The highest BCUT2D eigenvalue weighted by Gasteiger charge is 2.03. The van der Waals surface area contributed by atoms with Crippen LogP contribution in [0.5, 0.6) is 0 Å². The second-order valence-electron chi connectivity index (χ2n) is 1.33. The summed E-state index contributed by atoms with van der Waals surface area (Å²) in [5.74, 6) is -0.421. The molecule has 0 atom stereocenters. The Balaban J connectivity index is 3.17. The van der Waals surface area contributed by atoms with Crippen molar-refractivity contribution in [3.63, 3.8) is 0 Å². The molecule has 2 nitrogen and oxygen atoms in total. The first-order valence-electron chi connectivity index (χ1n) is 2.27. The van der Waals surface area contributed by atoms with Crippen molar-refractivity contribution in [2.75, 3.05) is 11.9 Å². The van der Waals surface area contributed by atoms with Gasteiger partial charge in [0.25, 0.3) is 6.43 Å². The number of hydrogen-bond acceptors (Lipinski definition) is 1. The van der Waals surface area contributed by atoms with E-state index in [0.29, 0.717) is 0 Å². The van der Waals surface area contributed by atoms with Crippen LogP contribution in [0.4, 0.5) is 8.78 Å². The Hall–Kier alpha value is -0.190. The molecule has 54 valence electrons. The molecule has 0 saturated carbocycles. The molecule has 1 N–H and O–H groups in total. The van der Waals surface area contributed by atoms with Gasteiger partial charge >= 0.3 is 0 Å². The Morgan fingerprint density at radius 1 is 1.67 bits per heavy atom. The van der Waals surface area contributed by atoms with Crippen LogP contribution in [0.2, 0.25) is 0 Å². The number of rotatable bonds is 3. The van der Waals surface area contributed by atoms with Crippen LogP contribution in [0.15, 0.2) is 0 Å². The molecule has 0 bridgehead atoms. The van der Waals surface area contributed by atoms with Gasteiger partial charge in [0.05, 0.1) is 11.9 Å². The first-order valence-corrected chi connectivity index (χ1v) is 3.39. The van der Waals surface area contributed by atoms with Crippen molar-refractivity contribution in [1.82, 2.24) is 5.32 Å². The van der Waals surface area contributed by atoms with E-state index in [1.165, 1.54) is 0 Å². The second-order valence-corrected chi connectivity index (χ2v) is 1.89. The highest BCUT2D eigenvalue weighted by atomic mass is 79.9. The molecular formula is C4H6BrF2NO. The zero-order valence-corrected chi connectivity index (χ0v) is 6.12. The smallest absolute Gasteiger partial charge is 0.255 e. The summed E-state index contributed by atoms with van der Waals surface area (Å²) in [4.78, 5) is 10.2.